The molecule has 0 radical (unpaired) electrons. The van der Waals surface area contributed by atoms with Gasteiger partial charge in [-0.3, -0.25) is 4.79 Å². The molecule has 0 aliphatic carbocycles. The molecule has 2 heterocycles. The second-order valence-electron chi connectivity index (χ2n) is 4.10. The number of nitrogens with zero attached hydrogens (tertiary/aromatic N) is 2. The first-order valence-electron chi connectivity index (χ1n) is 5.34. The number of ether oxygens (including phenoxy) is 1. The van der Waals surface area contributed by atoms with Crippen LogP contribution in [-0.4, -0.2) is 41.0 Å². The topological polar surface area (TPSA) is 44.1 Å². The molecule has 0 spiro atoms. The van der Waals surface area contributed by atoms with Crippen LogP contribution >= 0.6 is 0 Å². The van der Waals surface area contributed by atoms with Crippen molar-refractivity contribution >= 4 is 24.8 Å². The van der Waals surface area contributed by atoms with Gasteiger partial charge in [-0.2, -0.15) is 0 Å². The van der Waals surface area contributed by atoms with Crippen molar-refractivity contribution in [3.05, 3.63) is 18.2 Å². The number of imidazole rings is 1. The molecule has 2 atom stereocenters. The van der Waals surface area contributed by atoms with Crippen molar-refractivity contribution in [3.63, 3.8) is 0 Å². The van der Waals surface area contributed by atoms with E-state index in [1.807, 2.05) is 24.7 Å². The number of hydrogen-bond acceptors (Lipinski definition) is 3. The van der Waals surface area contributed by atoms with E-state index in [1.165, 1.54) is 0 Å². The van der Waals surface area contributed by atoms with E-state index in [4.69, 9.17) is 4.74 Å². The van der Waals surface area contributed by atoms with Crippen molar-refractivity contribution in [2.45, 2.75) is 19.8 Å². The predicted octanol–water partition coefficient (Wildman–Crippen LogP) is 0.513. The van der Waals surface area contributed by atoms with E-state index in [-0.39, 0.29) is 30.7 Å². The second-order valence-corrected chi connectivity index (χ2v) is 4.10. The monoisotopic (exact) mass is 216 g/mol. The predicted molar refractivity (Wildman–Crippen MR) is 62.3 cm³/mol. The summed E-state index contributed by atoms with van der Waals surface area (Å²) in [6, 6.07) is 0. The van der Waals surface area contributed by atoms with Crippen molar-refractivity contribution < 1.29 is 9.53 Å². The third-order valence-corrected chi connectivity index (χ3v) is 3.14. The Morgan fingerprint density at radius 1 is 1.62 bits per heavy atom. The number of carbonyl (C=O) groups is 1. The molecule has 5 heteroatoms. The van der Waals surface area contributed by atoms with Gasteiger partial charge in [0.2, 0.25) is 0 Å². The van der Waals surface area contributed by atoms with Gasteiger partial charge in [0.05, 0.1) is 18.9 Å². The minimum atomic E-state index is -0.0373. The standard InChI is InChI=1S/C11H16N2O2.Li.H/c1-3-10-8(6-15-11(10)14)4-9-5-12-7-13(9)2;;/h5,7-8,10H,3-4,6H2,1-2H3;;/t8-,10-;;/m0../s1. The summed E-state index contributed by atoms with van der Waals surface area (Å²) in [7, 11) is 1.97. The van der Waals surface area contributed by atoms with Crippen LogP contribution in [0.3, 0.4) is 0 Å². The maximum atomic E-state index is 11.4. The van der Waals surface area contributed by atoms with E-state index in [0.29, 0.717) is 12.5 Å². The summed E-state index contributed by atoms with van der Waals surface area (Å²) >= 11 is 0. The Hall–Kier alpha value is -0.723. The first-order valence-corrected chi connectivity index (χ1v) is 5.34. The number of rotatable bonds is 3. The maximum absolute atomic E-state index is 11.4. The van der Waals surface area contributed by atoms with Gasteiger partial charge in [0, 0.05) is 24.9 Å². The molecule has 1 aliphatic heterocycles. The van der Waals surface area contributed by atoms with Crippen molar-refractivity contribution in [2.24, 2.45) is 18.9 Å². The molecule has 4 nitrogen and oxygen atoms in total. The van der Waals surface area contributed by atoms with Gasteiger partial charge < -0.3 is 9.30 Å². The Morgan fingerprint density at radius 2 is 2.38 bits per heavy atom. The molecule has 0 saturated carbocycles. The molecule has 16 heavy (non-hydrogen) atoms. The third-order valence-electron chi connectivity index (χ3n) is 3.14. The Kier molecular flexibility index (Phi) is 4.64. The summed E-state index contributed by atoms with van der Waals surface area (Å²) in [5.41, 5.74) is 1.16. The second kappa shape index (κ2) is 5.56. The molecule has 0 bridgehead atoms. The van der Waals surface area contributed by atoms with Crippen LogP contribution in [0.5, 0.6) is 0 Å². The van der Waals surface area contributed by atoms with E-state index >= 15 is 0 Å². The van der Waals surface area contributed by atoms with Gasteiger partial charge in [-0.15, -0.1) is 0 Å². The van der Waals surface area contributed by atoms with E-state index in [2.05, 4.69) is 4.98 Å². The molecule has 1 aromatic rings. The van der Waals surface area contributed by atoms with Crippen molar-refractivity contribution in [1.29, 1.82) is 0 Å². The summed E-state index contributed by atoms with van der Waals surface area (Å²) < 4.78 is 7.08. The molecule has 0 unspecified atom stereocenters. The van der Waals surface area contributed by atoms with Crippen molar-refractivity contribution in [1.82, 2.24) is 9.55 Å². The Morgan fingerprint density at radius 3 is 2.94 bits per heavy atom. The van der Waals surface area contributed by atoms with Gasteiger partial charge in [0.15, 0.2) is 0 Å². The third kappa shape index (κ3) is 2.50. The van der Waals surface area contributed by atoms with Crippen LogP contribution in [0.1, 0.15) is 19.0 Å². The first kappa shape index (κ1) is 13.3. The van der Waals surface area contributed by atoms with Crippen LogP contribution in [0.15, 0.2) is 12.5 Å². The van der Waals surface area contributed by atoms with E-state index < -0.39 is 0 Å². The molecular weight excluding hydrogens is 199 g/mol. The van der Waals surface area contributed by atoms with Crippen LogP contribution in [0.25, 0.3) is 0 Å². The molecule has 0 aromatic carbocycles. The summed E-state index contributed by atoms with van der Waals surface area (Å²) in [6.07, 6.45) is 5.38. The van der Waals surface area contributed by atoms with Crippen LogP contribution in [0.4, 0.5) is 0 Å². The fraction of sp³-hybridized carbons (Fsp3) is 0.636. The fourth-order valence-electron chi connectivity index (χ4n) is 2.16. The molecule has 0 amide bonds. The van der Waals surface area contributed by atoms with Crippen molar-refractivity contribution in [3.8, 4) is 0 Å². The number of esters is 1. The van der Waals surface area contributed by atoms with Gasteiger partial charge in [0.25, 0.3) is 0 Å². The van der Waals surface area contributed by atoms with Gasteiger partial charge >= 0.3 is 24.8 Å². The summed E-state index contributed by atoms with van der Waals surface area (Å²) in [5.74, 6) is 0.350. The molecule has 84 valence electrons. The van der Waals surface area contributed by atoms with E-state index in [1.54, 1.807) is 6.33 Å². The number of hydrogen-bond donors (Lipinski definition) is 0. The number of carbonyl (C=O) groups excluding carboxylic acids is 1. The van der Waals surface area contributed by atoms with E-state index in [0.717, 1.165) is 18.5 Å². The van der Waals surface area contributed by atoms with Crippen LogP contribution < -0.4 is 0 Å². The molecule has 1 aliphatic rings. The minimum absolute atomic E-state index is 0. The fourth-order valence-corrected chi connectivity index (χ4v) is 2.16. The van der Waals surface area contributed by atoms with Crippen molar-refractivity contribution in [2.75, 3.05) is 6.61 Å². The first-order chi connectivity index (χ1) is 7.22. The van der Waals surface area contributed by atoms with Gasteiger partial charge in [-0.25, -0.2) is 4.98 Å². The zero-order valence-electron chi connectivity index (χ0n) is 9.14. The van der Waals surface area contributed by atoms with Crippen LogP contribution in [0, 0.1) is 11.8 Å². The number of aryl methyl sites for hydroxylation is 1. The quantitative estimate of drug-likeness (QED) is 0.546. The molecule has 1 saturated heterocycles. The summed E-state index contributed by atoms with van der Waals surface area (Å²) in [6.45, 7) is 2.59. The molecular formula is C11H17LiN2O2. The Labute approximate surface area is 108 Å². The van der Waals surface area contributed by atoms with E-state index in [9.17, 15) is 4.79 Å². The average molecular weight is 216 g/mol. The number of aromatic nitrogens is 2. The Balaban J connectivity index is 0.00000128. The summed E-state index contributed by atoms with van der Waals surface area (Å²) in [4.78, 5) is 15.5. The van der Waals surface area contributed by atoms with Crippen LogP contribution in [-0.2, 0) is 23.0 Å². The zero-order valence-corrected chi connectivity index (χ0v) is 9.14. The summed E-state index contributed by atoms with van der Waals surface area (Å²) in [5, 5.41) is 0. The SMILES string of the molecule is CC[C@@H]1C(=O)OC[C@@H]1Cc1cncn1C.[LiH]. The molecule has 1 aromatic heterocycles. The zero-order chi connectivity index (χ0) is 10.8. The number of cyclic esters (lactones) is 1. The van der Waals surface area contributed by atoms with Gasteiger partial charge in [0.1, 0.15) is 0 Å². The van der Waals surface area contributed by atoms with Crippen LogP contribution in [0.2, 0.25) is 0 Å². The molecule has 2 rings (SSSR count). The Bertz CT molecular complexity index is 365. The molecule has 1 fully saturated rings. The molecule has 0 N–H and O–H groups in total. The van der Waals surface area contributed by atoms with Gasteiger partial charge in [-0.05, 0) is 12.8 Å². The average Bonchev–Trinajstić information content (AvgIpc) is 2.76. The normalized spacial score (nSPS) is 24.0. The van der Waals surface area contributed by atoms with Gasteiger partial charge in [-0.1, -0.05) is 6.92 Å².